The molecular formula is C14H16F2N2S. The van der Waals surface area contributed by atoms with Gasteiger partial charge in [-0.15, -0.1) is 11.3 Å². The van der Waals surface area contributed by atoms with Crippen molar-refractivity contribution in [1.29, 1.82) is 0 Å². The zero-order valence-electron chi connectivity index (χ0n) is 10.5. The average molecular weight is 282 g/mol. The van der Waals surface area contributed by atoms with E-state index in [1.54, 1.807) is 11.3 Å². The summed E-state index contributed by atoms with van der Waals surface area (Å²) >= 11 is 1.64. The summed E-state index contributed by atoms with van der Waals surface area (Å²) < 4.78 is 27.2. The van der Waals surface area contributed by atoms with Crippen molar-refractivity contribution < 1.29 is 8.78 Å². The number of hydrogen-bond donors (Lipinski definition) is 1. The fourth-order valence-corrected chi connectivity index (χ4v) is 3.83. The minimum atomic E-state index is -2.51. The topological polar surface area (TPSA) is 38.9 Å². The molecule has 0 radical (unpaired) electrons. The summed E-state index contributed by atoms with van der Waals surface area (Å²) in [7, 11) is 0. The molecule has 19 heavy (non-hydrogen) atoms. The summed E-state index contributed by atoms with van der Waals surface area (Å²) in [4.78, 5) is 4.54. The number of thiazole rings is 1. The molecule has 1 aliphatic rings. The van der Waals surface area contributed by atoms with E-state index < -0.39 is 5.92 Å². The van der Waals surface area contributed by atoms with Crippen molar-refractivity contribution in [2.75, 3.05) is 6.54 Å². The molecular weight excluding hydrogens is 266 g/mol. The number of hydrogen-bond acceptors (Lipinski definition) is 3. The van der Waals surface area contributed by atoms with Gasteiger partial charge in [-0.2, -0.15) is 0 Å². The number of benzene rings is 1. The third kappa shape index (κ3) is 2.49. The van der Waals surface area contributed by atoms with Gasteiger partial charge >= 0.3 is 0 Å². The van der Waals surface area contributed by atoms with Crippen molar-refractivity contribution in [2.45, 2.75) is 31.6 Å². The van der Waals surface area contributed by atoms with Crippen molar-refractivity contribution in [3.05, 3.63) is 29.3 Å². The highest BCUT2D eigenvalue weighted by atomic mass is 32.1. The van der Waals surface area contributed by atoms with Crippen LogP contribution in [-0.4, -0.2) is 17.5 Å². The Morgan fingerprint density at radius 3 is 2.63 bits per heavy atom. The van der Waals surface area contributed by atoms with Crippen LogP contribution in [-0.2, 0) is 6.42 Å². The molecule has 1 saturated carbocycles. The van der Waals surface area contributed by atoms with Gasteiger partial charge in [0, 0.05) is 12.8 Å². The monoisotopic (exact) mass is 282 g/mol. The molecule has 2 N–H and O–H groups in total. The second-order valence-corrected chi connectivity index (χ2v) is 6.60. The van der Waals surface area contributed by atoms with Gasteiger partial charge in [-0.05, 0) is 36.9 Å². The standard InChI is InChI=1S/C14H16F2N2S/c15-14(16)7-13(8-14,9-17)6-5-12-18-10-3-1-2-4-11(10)19-12/h1-4H,5-9,17H2. The lowest BCUT2D eigenvalue weighted by atomic mass is 9.63. The van der Waals surface area contributed by atoms with Crippen LogP contribution in [0, 0.1) is 5.41 Å². The Labute approximate surface area is 114 Å². The molecule has 0 spiro atoms. The highest BCUT2D eigenvalue weighted by Gasteiger charge is 2.55. The zero-order valence-corrected chi connectivity index (χ0v) is 11.4. The van der Waals surface area contributed by atoms with Crippen molar-refractivity contribution in [3.63, 3.8) is 0 Å². The van der Waals surface area contributed by atoms with Crippen molar-refractivity contribution in [3.8, 4) is 0 Å². The lowest BCUT2D eigenvalue weighted by Gasteiger charge is -2.46. The van der Waals surface area contributed by atoms with E-state index in [2.05, 4.69) is 4.98 Å². The van der Waals surface area contributed by atoms with Gasteiger partial charge in [-0.1, -0.05) is 12.1 Å². The molecule has 1 aromatic heterocycles. The van der Waals surface area contributed by atoms with E-state index in [1.165, 1.54) is 0 Å². The van der Waals surface area contributed by atoms with Crippen LogP contribution in [0.4, 0.5) is 8.78 Å². The van der Waals surface area contributed by atoms with E-state index in [9.17, 15) is 8.78 Å². The summed E-state index contributed by atoms with van der Waals surface area (Å²) in [6, 6.07) is 7.95. The number of nitrogens with two attached hydrogens (primary N) is 1. The lowest BCUT2D eigenvalue weighted by molar-refractivity contribution is -0.159. The molecule has 1 aromatic carbocycles. The second-order valence-electron chi connectivity index (χ2n) is 5.49. The molecule has 1 heterocycles. The summed E-state index contributed by atoms with van der Waals surface area (Å²) in [5.41, 5.74) is 6.29. The van der Waals surface area contributed by atoms with Crippen LogP contribution < -0.4 is 5.73 Å². The van der Waals surface area contributed by atoms with Crippen LogP contribution in [0.2, 0.25) is 0 Å². The largest absolute Gasteiger partial charge is 0.330 e. The number of alkyl halides is 2. The fourth-order valence-electron chi connectivity index (χ4n) is 2.87. The first kappa shape index (κ1) is 12.9. The number of halogens is 2. The summed E-state index contributed by atoms with van der Waals surface area (Å²) in [6.45, 7) is 0.341. The molecule has 3 rings (SSSR count). The van der Waals surface area contributed by atoms with E-state index in [1.807, 2.05) is 24.3 Å². The van der Waals surface area contributed by atoms with Crippen molar-refractivity contribution >= 4 is 21.6 Å². The maximum absolute atomic E-state index is 13.0. The van der Waals surface area contributed by atoms with Gasteiger partial charge in [0.2, 0.25) is 5.92 Å². The Bertz CT molecular complexity index is 553. The van der Waals surface area contributed by atoms with Crippen molar-refractivity contribution in [2.24, 2.45) is 11.1 Å². The SMILES string of the molecule is NCC1(CCc2nc3ccccc3s2)CC(F)(F)C1. The van der Waals surface area contributed by atoms with Crippen LogP contribution >= 0.6 is 11.3 Å². The predicted octanol–water partition coefficient (Wildman–Crippen LogP) is 3.60. The third-order valence-corrected chi connectivity index (χ3v) is 5.00. The van der Waals surface area contributed by atoms with Gasteiger partial charge in [0.05, 0.1) is 15.2 Å². The van der Waals surface area contributed by atoms with E-state index in [4.69, 9.17) is 5.73 Å². The first-order valence-electron chi connectivity index (χ1n) is 6.44. The number of aromatic nitrogens is 1. The Balaban J connectivity index is 1.69. The van der Waals surface area contributed by atoms with Crippen LogP contribution in [0.15, 0.2) is 24.3 Å². The van der Waals surface area contributed by atoms with Gasteiger partial charge in [0.25, 0.3) is 0 Å². The van der Waals surface area contributed by atoms with E-state index in [0.717, 1.165) is 21.6 Å². The quantitative estimate of drug-likeness (QED) is 0.930. The first-order chi connectivity index (χ1) is 9.02. The maximum Gasteiger partial charge on any atom is 0.249 e. The van der Waals surface area contributed by atoms with Gasteiger partial charge in [-0.3, -0.25) is 0 Å². The molecule has 5 heteroatoms. The van der Waals surface area contributed by atoms with Crippen LogP contribution in [0.5, 0.6) is 0 Å². The molecule has 0 saturated heterocycles. The second kappa shape index (κ2) is 4.49. The third-order valence-electron chi connectivity index (χ3n) is 3.91. The van der Waals surface area contributed by atoms with E-state index >= 15 is 0 Å². The van der Waals surface area contributed by atoms with Crippen LogP contribution in [0.3, 0.4) is 0 Å². The Morgan fingerprint density at radius 2 is 2.00 bits per heavy atom. The lowest BCUT2D eigenvalue weighted by Crippen LogP contribution is -2.50. The Morgan fingerprint density at radius 1 is 1.26 bits per heavy atom. The normalized spacial score (nSPS) is 20.4. The number of rotatable bonds is 4. The molecule has 2 nitrogen and oxygen atoms in total. The Kier molecular flexibility index (Phi) is 3.06. The van der Waals surface area contributed by atoms with Gasteiger partial charge in [0.1, 0.15) is 0 Å². The Hall–Kier alpha value is -1.07. The van der Waals surface area contributed by atoms with Gasteiger partial charge in [-0.25, -0.2) is 13.8 Å². The van der Waals surface area contributed by atoms with Crippen molar-refractivity contribution in [1.82, 2.24) is 4.98 Å². The maximum atomic E-state index is 13.0. The molecule has 0 amide bonds. The fraction of sp³-hybridized carbons (Fsp3) is 0.500. The first-order valence-corrected chi connectivity index (χ1v) is 7.26. The van der Waals surface area contributed by atoms with Gasteiger partial charge in [0.15, 0.2) is 0 Å². The smallest absolute Gasteiger partial charge is 0.249 e. The molecule has 0 aliphatic heterocycles. The van der Waals surface area contributed by atoms with E-state index in [0.29, 0.717) is 13.0 Å². The number of para-hydroxylation sites is 1. The minimum absolute atomic E-state index is 0.0681. The van der Waals surface area contributed by atoms with Gasteiger partial charge < -0.3 is 5.73 Å². The summed E-state index contributed by atoms with van der Waals surface area (Å²) in [5.74, 6) is -2.51. The molecule has 0 atom stereocenters. The van der Waals surface area contributed by atoms with E-state index in [-0.39, 0.29) is 18.3 Å². The zero-order chi connectivity index (χ0) is 13.5. The molecule has 0 bridgehead atoms. The predicted molar refractivity (Wildman–Crippen MR) is 73.6 cm³/mol. The molecule has 0 unspecified atom stereocenters. The molecule has 1 fully saturated rings. The molecule has 102 valence electrons. The average Bonchev–Trinajstić information content (AvgIpc) is 2.76. The molecule has 2 aromatic rings. The minimum Gasteiger partial charge on any atom is -0.330 e. The highest BCUT2D eigenvalue weighted by molar-refractivity contribution is 7.18. The number of aryl methyl sites for hydroxylation is 1. The summed E-state index contributed by atoms with van der Waals surface area (Å²) in [5, 5.41) is 1.02. The molecule has 1 aliphatic carbocycles. The summed E-state index contributed by atoms with van der Waals surface area (Å²) in [6.07, 6.45) is 1.31. The number of nitrogens with zero attached hydrogens (tertiary/aromatic N) is 1. The van der Waals surface area contributed by atoms with Crippen LogP contribution in [0.25, 0.3) is 10.2 Å². The number of fused-ring (bicyclic) bond motifs is 1. The van der Waals surface area contributed by atoms with Crippen LogP contribution in [0.1, 0.15) is 24.3 Å². The highest BCUT2D eigenvalue weighted by Crippen LogP contribution is 2.53.